The number of pyridine rings is 2. The van der Waals surface area contributed by atoms with Gasteiger partial charge in [0.1, 0.15) is 5.82 Å². The van der Waals surface area contributed by atoms with Crippen LogP contribution in [0.15, 0.2) is 16.9 Å². The van der Waals surface area contributed by atoms with Crippen LogP contribution in [0, 0.1) is 19.7 Å². The number of rotatable bonds is 4. The minimum atomic E-state index is -1.23. The standard InChI is InChI=1S/C24H27FN2O3/c1-12-14-7-6-8-15-13(2)22(26-19(21(14)15)10-18(12)25)20-9-17(24(3,4)29)16(11-30-5)23(28)27-20/h9-10,29H,6-8,11H2,1-5H3,(H,27,28). The first-order valence-corrected chi connectivity index (χ1v) is 10.2. The number of aromatic nitrogens is 2. The molecular weight excluding hydrogens is 383 g/mol. The molecule has 0 spiro atoms. The number of aliphatic hydroxyl groups is 1. The van der Waals surface area contributed by atoms with Crippen LogP contribution in [0.3, 0.4) is 0 Å². The molecule has 6 heteroatoms. The summed E-state index contributed by atoms with van der Waals surface area (Å²) in [5.74, 6) is -0.256. The predicted octanol–water partition coefficient (Wildman–Crippen LogP) is 4.21. The average molecular weight is 410 g/mol. The van der Waals surface area contributed by atoms with Gasteiger partial charge in [-0.15, -0.1) is 0 Å². The summed E-state index contributed by atoms with van der Waals surface area (Å²) < 4.78 is 19.7. The normalized spacial score (nSPS) is 13.8. The lowest BCUT2D eigenvalue weighted by atomic mass is 9.84. The Bertz CT molecular complexity index is 1220. The Hall–Kier alpha value is -2.57. The summed E-state index contributed by atoms with van der Waals surface area (Å²) in [6.07, 6.45) is 2.69. The molecule has 0 unspecified atom stereocenters. The van der Waals surface area contributed by atoms with Gasteiger partial charge < -0.3 is 14.8 Å². The summed E-state index contributed by atoms with van der Waals surface area (Å²) in [7, 11) is 1.51. The quantitative estimate of drug-likeness (QED) is 0.676. The second kappa shape index (κ2) is 7.29. The second-order valence-corrected chi connectivity index (χ2v) is 8.67. The number of methoxy groups -OCH3 is 1. The van der Waals surface area contributed by atoms with E-state index in [9.17, 15) is 14.3 Å². The first-order valence-electron chi connectivity index (χ1n) is 10.2. The van der Waals surface area contributed by atoms with E-state index in [2.05, 4.69) is 4.98 Å². The molecule has 0 aliphatic heterocycles. The van der Waals surface area contributed by atoms with Crippen LogP contribution in [0.4, 0.5) is 4.39 Å². The molecule has 0 bridgehead atoms. The Morgan fingerprint density at radius 2 is 1.87 bits per heavy atom. The lowest BCUT2D eigenvalue weighted by Crippen LogP contribution is -2.26. The van der Waals surface area contributed by atoms with Crippen molar-refractivity contribution in [3.63, 3.8) is 0 Å². The fourth-order valence-electron chi connectivity index (χ4n) is 4.62. The van der Waals surface area contributed by atoms with Gasteiger partial charge in [-0.05, 0) is 80.8 Å². The molecule has 158 valence electrons. The zero-order valence-corrected chi connectivity index (χ0v) is 18.1. The Balaban J connectivity index is 2.04. The van der Waals surface area contributed by atoms with Gasteiger partial charge in [0.2, 0.25) is 0 Å². The number of H-pyrrole nitrogens is 1. The van der Waals surface area contributed by atoms with E-state index in [1.54, 1.807) is 19.9 Å². The van der Waals surface area contributed by atoms with Crippen LogP contribution in [-0.2, 0) is 29.8 Å². The third-order valence-corrected chi connectivity index (χ3v) is 6.17. The van der Waals surface area contributed by atoms with E-state index in [1.807, 2.05) is 13.8 Å². The first-order chi connectivity index (χ1) is 14.1. The van der Waals surface area contributed by atoms with Crippen molar-refractivity contribution in [2.75, 3.05) is 7.11 Å². The zero-order chi connectivity index (χ0) is 21.8. The highest BCUT2D eigenvalue weighted by atomic mass is 19.1. The van der Waals surface area contributed by atoms with Gasteiger partial charge in [-0.2, -0.15) is 0 Å². The number of aromatic amines is 1. The molecule has 3 aromatic rings. The number of benzene rings is 1. The number of aryl methyl sites for hydroxylation is 2. The molecule has 2 N–H and O–H groups in total. The van der Waals surface area contributed by atoms with Crippen LogP contribution in [0.1, 0.15) is 53.6 Å². The van der Waals surface area contributed by atoms with Gasteiger partial charge in [-0.1, -0.05) is 0 Å². The number of nitrogens with zero attached hydrogens (tertiary/aromatic N) is 1. The molecule has 0 saturated heterocycles. The average Bonchev–Trinajstić information content (AvgIpc) is 2.68. The van der Waals surface area contributed by atoms with Crippen molar-refractivity contribution in [3.8, 4) is 11.4 Å². The number of hydrogen-bond acceptors (Lipinski definition) is 4. The maximum absolute atomic E-state index is 14.6. The number of ether oxygens (including phenoxy) is 1. The topological polar surface area (TPSA) is 75.2 Å². The van der Waals surface area contributed by atoms with Gasteiger partial charge in [0.25, 0.3) is 5.56 Å². The molecule has 0 saturated carbocycles. The van der Waals surface area contributed by atoms with Gasteiger partial charge in [0.05, 0.1) is 29.1 Å². The van der Waals surface area contributed by atoms with Crippen molar-refractivity contribution in [1.29, 1.82) is 0 Å². The largest absolute Gasteiger partial charge is 0.386 e. The summed E-state index contributed by atoms with van der Waals surface area (Å²) in [5.41, 5.74) is 4.93. The number of hydrogen-bond donors (Lipinski definition) is 2. The second-order valence-electron chi connectivity index (χ2n) is 8.67. The molecule has 30 heavy (non-hydrogen) atoms. The molecule has 1 aromatic carbocycles. The predicted molar refractivity (Wildman–Crippen MR) is 115 cm³/mol. The summed E-state index contributed by atoms with van der Waals surface area (Å²) in [4.78, 5) is 20.5. The lowest BCUT2D eigenvalue weighted by Gasteiger charge is -2.24. The Morgan fingerprint density at radius 1 is 1.20 bits per heavy atom. The Kier molecular flexibility index (Phi) is 5.03. The molecule has 2 aromatic heterocycles. The van der Waals surface area contributed by atoms with Crippen molar-refractivity contribution in [2.45, 2.75) is 59.2 Å². The van der Waals surface area contributed by atoms with Crippen LogP contribution in [0.2, 0.25) is 0 Å². The Morgan fingerprint density at radius 3 is 2.50 bits per heavy atom. The molecule has 0 radical (unpaired) electrons. The number of nitrogens with one attached hydrogen (secondary N) is 1. The molecule has 0 fully saturated rings. The highest BCUT2D eigenvalue weighted by Crippen LogP contribution is 2.38. The van der Waals surface area contributed by atoms with E-state index >= 15 is 0 Å². The van der Waals surface area contributed by atoms with E-state index < -0.39 is 5.60 Å². The summed E-state index contributed by atoms with van der Waals surface area (Å²) in [6, 6.07) is 3.25. The summed E-state index contributed by atoms with van der Waals surface area (Å²) in [6.45, 7) is 7.19. The SMILES string of the molecule is COCc1c(C(C)(C)O)cc(-c2nc3cc(F)c(C)c4c3c(c2C)CCC4)[nH]c1=O. The monoisotopic (exact) mass is 410 g/mol. The molecule has 2 heterocycles. The van der Waals surface area contributed by atoms with E-state index in [-0.39, 0.29) is 18.0 Å². The molecular formula is C24H27FN2O3. The van der Waals surface area contributed by atoms with Gasteiger partial charge in [-0.3, -0.25) is 4.79 Å². The van der Waals surface area contributed by atoms with Gasteiger partial charge in [-0.25, -0.2) is 9.37 Å². The van der Waals surface area contributed by atoms with E-state index in [4.69, 9.17) is 9.72 Å². The van der Waals surface area contributed by atoms with E-state index in [0.717, 1.165) is 41.3 Å². The van der Waals surface area contributed by atoms with Gasteiger partial charge in [0, 0.05) is 24.1 Å². The molecule has 1 aliphatic carbocycles. The van der Waals surface area contributed by atoms with Crippen LogP contribution >= 0.6 is 0 Å². The van der Waals surface area contributed by atoms with Gasteiger partial charge in [0.15, 0.2) is 0 Å². The van der Waals surface area contributed by atoms with E-state index in [0.29, 0.717) is 33.6 Å². The minimum absolute atomic E-state index is 0.0954. The van der Waals surface area contributed by atoms with Crippen LogP contribution in [0.25, 0.3) is 22.3 Å². The summed E-state index contributed by atoms with van der Waals surface area (Å²) in [5, 5.41) is 11.7. The molecule has 0 amide bonds. The summed E-state index contributed by atoms with van der Waals surface area (Å²) >= 11 is 0. The molecule has 5 nitrogen and oxygen atoms in total. The van der Waals surface area contributed by atoms with Crippen LogP contribution < -0.4 is 5.56 Å². The minimum Gasteiger partial charge on any atom is -0.386 e. The van der Waals surface area contributed by atoms with Crippen LogP contribution in [-0.4, -0.2) is 22.2 Å². The zero-order valence-electron chi connectivity index (χ0n) is 18.1. The maximum Gasteiger partial charge on any atom is 0.254 e. The van der Waals surface area contributed by atoms with Crippen molar-refractivity contribution in [2.24, 2.45) is 0 Å². The van der Waals surface area contributed by atoms with Crippen molar-refractivity contribution < 1.29 is 14.2 Å². The van der Waals surface area contributed by atoms with Crippen LogP contribution in [0.5, 0.6) is 0 Å². The Labute approximate surface area is 174 Å². The molecule has 4 rings (SSSR count). The molecule has 1 aliphatic rings. The number of halogens is 1. The highest BCUT2D eigenvalue weighted by molar-refractivity contribution is 5.91. The van der Waals surface area contributed by atoms with Crippen molar-refractivity contribution in [3.05, 3.63) is 61.7 Å². The highest BCUT2D eigenvalue weighted by Gasteiger charge is 2.26. The van der Waals surface area contributed by atoms with Crippen molar-refractivity contribution in [1.82, 2.24) is 9.97 Å². The first kappa shape index (κ1) is 20.7. The maximum atomic E-state index is 14.6. The van der Waals surface area contributed by atoms with Gasteiger partial charge >= 0.3 is 0 Å². The smallest absolute Gasteiger partial charge is 0.254 e. The third-order valence-electron chi connectivity index (χ3n) is 6.17. The fraction of sp³-hybridized carbons (Fsp3) is 0.417. The third kappa shape index (κ3) is 3.24. The van der Waals surface area contributed by atoms with E-state index in [1.165, 1.54) is 13.2 Å². The fourth-order valence-corrected chi connectivity index (χ4v) is 4.62. The molecule has 0 atom stereocenters. The lowest BCUT2D eigenvalue weighted by molar-refractivity contribution is 0.0743. The van der Waals surface area contributed by atoms with Crippen molar-refractivity contribution >= 4 is 10.9 Å².